The van der Waals surface area contributed by atoms with E-state index in [1.165, 1.54) is 11.1 Å². The van der Waals surface area contributed by atoms with Crippen LogP contribution in [0.1, 0.15) is 18.1 Å². The van der Waals surface area contributed by atoms with Crippen LogP contribution in [0.15, 0.2) is 53.5 Å². The molecule has 0 radical (unpaired) electrons. The summed E-state index contributed by atoms with van der Waals surface area (Å²) in [6.45, 7) is 1.91. The Morgan fingerprint density at radius 2 is 1.58 bits per heavy atom. The first-order valence-electron chi connectivity index (χ1n) is 6.18. The van der Waals surface area contributed by atoms with Crippen molar-refractivity contribution in [1.82, 2.24) is 0 Å². The Labute approximate surface area is 113 Å². The van der Waals surface area contributed by atoms with E-state index >= 15 is 0 Å². The molecule has 0 heterocycles. The van der Waals surface area contributed by atoms with Gasteiger partial charge in [-0.1, -0.05) is 24.3 Å². The predicted octanol–water partition coefficient (Wildman–Crippen LogP) is 3.57. The summed E-state index contributed by atoms with van der Waals surface area (Å²) in [7, 11) is 0. The first-order chi connectivity index (χ1) is 9.31. The molecule has 0 saturated heterocycles. The number of hydrogen-bond donors (Lipinski definition) is 1. The SMILES string of the molecule is CC=Nc1ccc(Cc2ccc(NC=O)cc2)cc1. The molecule has 3 nitrogen and oxygen atoms in total. The third-order valence-electron chi connectivity index (χ3n) is 2.80. The van der Waals surface area contributed by atoms with Gasteiger partial charge in [0.15, 0.2) is 0 Å². The second kappa shape index (κ2) is 6.50. The summed E-state index contributed by atoms with van der Waals surface area (Å²) in [4.78, 5) is 14.5. The summed E-state index contributed by atoms with van der Waals surface area (Å²) >= 11 is 0. The molecular weight excluding hydrogens is 236 g/mol. The molecule has 0 aliphatic heterocycles. The maximum absolute atomic E-state index is 10.3. The molecule has 0 atom stereocenters. The smallest absolute Gasteiger partial charge is 0.211 e. The van der Waals surface area contributed by atoms with E-state index < -0.39 is 0 Å². The van der Waals surface area contributed by atoms with Crippen molar-refractivity contribution in [2.24, 2.45) is 4.99 Å². The number of hydrogen-bond acceptors (Lipinski definition) is 2. The molecule has 1 N–H and O–H groups in total. The van der Waals surface area contributed by atoms with Crippen molar-refractivity contribution in [2.75, 3.05) is 5.32 Å². The highest BCUT2D eigenvalue weighted by Gasteiger charge is 1.97. The van der Waals surface area contributed by atoms with Crippen LogP contribution < -0.4 is 5.32 Å². The fourth-order valence-electron chi connectivity index (χ4n) is 1.87. The van der Waals surface area contributed by atoms with Gasteiger partial charge in [-0.25, -0.2) is 0 Å². The van der Waals surface area contributed by atoms with E-state index in [1.54, 1.807) is 6.21 Å². The second-order valence-corrected chi connectivity index (χ2v) is 4.19. The van der Waals surface area contributed by atoms with Crippen molar-refractivity contribution in [1.29, 1.82) is 0 Å². The standard InChI is InChI=1S/C16H16N2O/c1-2-17-15-7-3-13(4-8-15)11-14-5-9-16(10-6-14)18-12-19/h2-10,12H,11H2,1H3,(H,18,19). The largest absolute Gasteiger partial charge is 0.329 e. The zero-order valence-electron chi connectivity index (χ0n) is 10.8. The number of carbonyl (C=O) groups is 1. The minimum absolute atomic E-state index is 0.683. The topological polar surface area (TPSA) is 41.5 Å². The van der Waals surface area contributed by atoms with E-state index in [0.29, 0.717) is 6.41 Å². The van der Waals surface area contributed by atoms with Gasteiger partial charge in [-0.15, -0.1) is 0 Å². The Morgan fingerprint density at radius 3 is 2.11 bits per heavy atom. The van der Waals surface area contributed by atoms with Crippen LogP contribution in [0.5, 0.6) is 0 Å². The van der Waals surface area contributed by atoms with Crippen LogP contribution >= 0.6 is 0 Å². The van der Waals surface area contributed by atoms with Gasteiger partial charge in [0.05, 0.1) is 5.69 Å². The van der Waals surface area contributed by atoms with Gasteiger partial charge >= 0.3 is 0 Å². The van der Waals surface area contributed by atoms with Gasteiger partial charge in [-0.3, -0.25) is 9.79 Å². The molecule has 0 aliphatic rings. The number of benzene rings is 2. The molecule has 0 fully saturated rings. The van der Waals surface area contributed by atoms with Gasteiger partial charge in [0, 0.05) is 11.9 Å². The lowest BCUT2D eigenvalue weighted by Gasteiger charge is -2.04. The summed E-state index contributed by atoms with van der Waals surface area (Å²) in [5.41, 5.74) is 4.23. The maximum atomic E-state index is 10.3. The van der Waals surface area contributed by atoms with Crippen LogP contribution in [0, 0.1) is 0 Å². The Hall–Kier alpha value is -2.42. The van der Waals surface area contributed by atoms with Crippen molar-refractivity contribution in [3.05, 3.63) is 59.7 Å². The Kier molecular flexibility index (Phi) is 4.45. The number of nitrogens with one attached hydrogen (secondary N) is 1. The average molecular weight is 252 g/mol. The van der Waals surface area contributed by atoms with Crippen LogP contribution in [0.3, 0.4) is 0 Å². The number of anilines is 1. The Morgan fingerprint density at radius 1 is 1.00 bits per heavy atom. The molecule has 0 saturated carbocycles. The molecule has 0 aromatic heterocycles. The molecule has 0 aliphatic carbocycles. The zero-order chi connectivity index (χ0) is 13.5. The zero-order valence-corrected chi connectivity index (χ0v) is 10.8. The fourth-order valence-corrected chi connectivity index (χ4v) is 1.87. The van der Waals surface area contributed by atoms with E-state index in [1.807, 2.05) is 43.3 Å². The van der Waals surface area contributed by atoms with Crippen molar-refractivity contribution in [3.63, 3.8) is 0 Å². The molecule has 0 spiro atoms. The van der Waals surface area contributed by atoms with Crippen molar-refractivity contribution < 1.29 is 4.79 Å². The molecule has 19 heavy (non-hydrogen) atoms. The van der Waals surface area contributed by atoms with Gasteiger partial charge in [-0.05, 0) is 48.7 Å². The predicted molar refractivity (Wildman–Crippen MR) is 79.2 cm³/mol. The first-order valence-corrected chi connectivity index (χ1v) is 6.18. The third-order valence-corrected chi connectivity index (χ3v) is 2.80. The molecule has 2 aromatic rings. The Balaban J connectivity index is 2.05. The molecule has 3 heteroatoms. The lowest BCUT2D eigenvalue weighted by atomic mass is 10.0. The van der Waals surface area contributed by atoms with Crippen molar-refractivity contribution in [3.8, 4) is 0 Å². The van der Waals surface area contributed by atoms with Gasteiger partial charge in [0.1, 0.15) is 0 Å². The summed E-state index contributed by atoms with van der Waals surface area (Å²) in [5, 5.41) is 2.62. The highest BCUT2D eigenvalue weighted by molar-refractivity contribution is 5.71. The third kappa shape index (κ3) is 3.78. The van der Waals surface area contributed by atoms with E-state index in [4.69, 9.17) is 0 Å². The maximum Gasteiger partial charge on any atom is 0.211 e. The number of aliphatic imine (C=N–C) groups is 1. The summed E-state index contributed by atoms with van der Waals surface area (Å²) in [6, 6.07) is 16.0. The van der Waals surface area contributed by atoms with Crippen LogP contribution in [0.25, 0.3) is 0 Å². The molecule has 1 amide bonds. The quantitative estimate of drug-likeness (QED) is 0.641. The molecule has 96 valence electrons. The van der Waals surface area contributed by atoms with Crippen LogP contribution in [-0.2, 0) is 11.2 Å². The lowest BCUT2D eigenvalue weighted by molar-refractivity contribution is -0.105. The normalized spacial score (nSPS) is 10.6. The van der Waals surface area contributed by atoms with E-state index in [9.17, 15) is 4.79 Å². The van der Waals surface area contributed by atoms with E-state index in [2.05, 4.69) is 22.4 Å². The van der Waals surface area contributed by atoms with Gasteiger partial charge in [-0.2, -0.15) is 0 Å². The number of amides is 1. The first kappa shape index (κ1) is 13.0. The van der Waals surface area contributed by atoms with Crippen LogP contribution in [0.4, 0.5) is 11.4 Å². The van der Waals surface area contributed by atoms with Gasteiger partial charge in [0.2, 0.25) is 6.41 Å². The minimum atomic E-state index is 0.683. The van der Waals surface area contributed by atoms with E-state index in [-0.39, 0.29) is 0 Å². The molecule has 2 rings (SSSR count). The number of carbonyl (C=O) groups excluding carboxylic acids is 1. The monoisotopic (exact) mass is 252 g/mol. The van der Waals surface area contributed by atoms with E-state index in [0.717, 1.165) is 17.8 Å². The Bertz CT molecular complexity index is 556. The highest BCUT2D eigenvalue weighted by atomic mass is 16.1. The van der Waals surface area contributed by atoms with Crippen LogP contribution in [-0.4, -0.2) is 12.6 Å². The average Bonchev–Trinajstić information content (AvgIpc) is 2.44. The molecule has 0 bridgehead atoms. The molecule has 0 unspecified atom stereocenters. The minimum Gasteiger partial charge on any atom is -0.329 e. The lowest BCUT2D eigenvalue weighted by Crippen LogP contribution is -1.94. The molecular formula is C16H16N2O. The molecule has 2 aromatic carbocycles. The van der Waals surface area contributed by atoms with Crippen molar-refractivity contribution >= 4 is 24.0 Å². The van der Waals surface area contributed by atoms with Crippen molar-refractivity contribution in [2.45, 2.75) is 13.3 Å². The van der Waals surface area contributed by atoms with Crippen LogP contribution in [0.2, 0.25) is 0 Å². The second-order valence-electron chi connectivity index (χ2n) is 4.19. The summed E-state index contributed by atoms with van der Waals surface area (Å²) in [6.07, 6.45) is 3.34. The fraction of sp³-hybridized carbons (Fsp3) is 0.125. The highest BCUT2D eigenvalue weighted by Crippen LogP contribution is 2.16. The van der Waals surface area contributed by atoms with Gasteiger partial charge < -0.3 is 5.32 Å². The summed E-state index contributed by atoms with van der Waals surface area (Å²) in [5.74, 6) is 0. The van der Waals surface area contributed by atoms with Gasteiger partial charge in [0.25, 0.3) is 0 Å². The number of nitrogens with zero attached hydrogens (tertiary/aromatic N) is 1. The number of rotatable bonds is 5. The summed E-state index contributed by atoms with van der Waals surface area (Å²) < 4.78 is 0.